The number of nitrogens with zero attached hydrogens (tertiary/aromatic N) is 2. The average molecular weight is 403 g/mol. The topological polar surface area (TPSA) is 88.3 Å². The van der Waals surface area contributed by atoms with Gasteiger partial charge in [0.1, 0.15) is 29.1 Å². The van der Waals surface area contributed by atoms with E-state index in [9.17, 15) is 18.4 Å². The molecular weight excluding hydrogens is 386 g/mol. The Bertz CT molecular complexity index is 797. The molecule has 1 aliphatic heterocycles. The number of hydrogen-bond acceptors (Lipinski definition) is 5. The van der Waals surface area contributed by atoms with E-state index in [4.69, 9.17) is 5.73 Å². The van der Waals surface area contributed by atoms with Crippen LogP contribution in [-0.4, -0.2) is 35.9 Å². The van der Waals surface area contributed by atoms with E-state index < -0.39 is 29.5 Å². The third-order valence-corrected chi connectivity index (χ3v) is 4.77. The summed E-state index contributed by atoms with van der Waals surface area (Å²) in [7, 11) is 0. The van der Waals surface area contributed by atoms with Crippen LogP contribution in [0, 0.1) is 11.6 Å². The molecule has 1 saturated heterocycles. The van der Waals surface area contributed by atoms with Crippen LogP contribution in [0.4, 0.5) is 14.5 Å². The van der Waals surface area contributed by atoms with E-state index in [1.54, 1.807) is 5.38 Å². The number of amides is 2. The van der Waals surface area contributed by atoms with Crippen LogP contribution in [0.15, 0.2) is 23.6 Å². The minimum Gasteiger partial charge on any atom is -0.339 e. The highest BCUT2D eigenvalue weighted by Crippen LogP contribution is 2.27. The van der Waals surface area contributed by atoms with Gasteiger partial charge in [0.15, 0.2) is 0 Å². The molecule has 1 aliphatic rings. The fraction of sp³-hybridized carbons (Fsp3) is 0.312. The van der Waals surface area contributed by atoms with E-state index in [0.717, 1.165) is 22.0 Å². The molecule has 0 spiro atoms. The lowest BCUT2D eigenvalue weighted by molar-refractivity contribution is -0.118. The Labute approximate surface area is 158 Å². The summed E-state index contributed by atoms with van der Waals surface area (Å²) in [6, 6.07) is 2.57. The van der Waals surface area contributed by atoms with Crippen LogP contribution in [-0.2, 0) is 11.2 Å². The van der Waals surface area contributed by atoms with Crippen LogP contribution in [0.3, 0.4) is 0 Å². The highest BCUT2D eigenvalue weighted by molar-refractivity contribution is 7.09. The molecule has 0 saturated carbocycles. The van der Waals surface area contributed by atoms with Crippen molar-refractivity contribution in [1.29, 1.82) is 0 Å². The lowest BCUT2D eigenvalue weighted by atomic mass is 10.2. The molecule has 0 aliphatic carbocycles. The summed E-state index contributed by atoms with van der Waals surface area (Å²) in [6.07, 6.45) is 0.832. The fourth-order valence-corrected chi connectivity index (χ4v) is 3.46. The summed E-state index contributed by atoms with van der Waals surface area (Å²) in [6.45, 7) is 0.552. The van der Waals surface area contributed by atoms with Crippen LogP contribution in [0.2, 0.25) is 0 Å². The number of halogens is 3. The van der Waals surface area contributed by atoms with Crippen LogP contribution in [0.25, 0.3) is 0 Å². The molecule has 6 nitrogen and oxygen atoms in total. The number of hydrogen-bond donors (Lipinski definition) is 2. The normalized spacial score (nSPS) is 16.5. The molecule has 1 aromatic heterocycles. The third-order valence-electron chi connectivity index (χ3n) is 3.86. The zero-order valence-corrected chi connectivity index (χ0v) is 15.2. The molecule has 10 heteroatoms. The summed E-state index contributed by atoms with van der Waals surface area (Å²) in [4.78, 5) is 29.8. The molecule has 2 amide bonds. The van der Waals surface area contributed by atoms with Crippen molar-refractivity contribution in [3.63, 3.8) is 0 Å². The van der Waals surface area contributed by atoms with Crippen LogP contribution in [0.5, 0.6) is 0 Å². The molecule has 1 fully saturated rings. The zero-order chi connectivity index (χ0) is 18.0. The summed E-state index contributed by atoms with van der Waals surface area (Å²) in [5, 5.41) is 4.90. The maximum absolute atomic E-state index is 13.9. The third kappa shape index (κ3) is 4.00. The first-order chi connectivity index (χ1) is 12.0. The largest absolute Gasteiger partial charge is 0.339 e. The molecule has 0 bridgehead atoms. The minimum absolute atomic E-state index is 0. The first-order valence-corrected chi connectivity index (χ1v) is 8.60. The molecule has 3 N–H and O–H groups in total. The molecule has 1 aromatic carbocycles. The van der Waals surface area contributed by atoms with Crippen molar-refractivity contribution in [3.8, 4) is 0 Å². The van der Waals surface area contributed by atoms with Crippen LogP contribution < -0.4 is 16.0 Å². The quantitative estimate of drug-likeness (QED) is 0.799. The standard InChI is InChI=1S/C16H16F2N4O2S.ClH/c17-9-2-1-3-10(18)14(9)22-7-5-11(16(22)24)21-15(23)12-8-25-13(20-12)4-6-19;/h1-3,8,11H,4-7,19H2,(H,21,23);1H. The van der Waals surface area contributed by atoms with E-state index >= 15 is 0 Å². The fourth-order valence-electron chi connectivity index (χ4n) is 2.67. The predicted octanol–water partition coefficient (Wildman–Crippen LogP) is 1.88. The van der Waals surface area contributed by atoms with Gasteiger partial charge in [-0.3, -0.25) is 9.59 Å². The molecule has 1 unspecified atom stereocenters. The molecule has 1 atom stereocenters. The van der Waals surface area contributed by atoms with Crippen molar-refractivity contribution in [2.24, 2.45) is 5.73 Å². The number of para-hydroxylation sites is 1. The second kappa shape index (κ2) is 8.52. The summed E-state index contributed by atoms with van der Waals surface area (Å²) >= 11 is 1.32. The SMILES string of the molecule is Cl.NCCc1nc(C(=O)NC2CCN(c3c(F)cccc3F)C2=O)cs1. The molecule has 3 rings (SSSR count). The Morgan fingerprint density at radius 3 is 2.73 bits per heavy atom. The van der Waals surface area contributed by atoms with Gasteiger partial charge in [-0.15, -0.1) is 23.7 Å². The Balaban J connectivity index is 0.00000243. The van der Waals surface area contributed by atoms with Gasteiger partial charge in [0, 0.05) is 18.3 Å². The van der Waals surface area contributed by atoms with Gasteiger partial charge in [-0.1, -0.05) is 6.07 Å². The van der Waals surface area contributed by atoms with Gasteiger partial charge in [0.05, 0.1) is 5.01 Å². The predicted molar refractivity (Wildman–Crippen MR) is 96.7 cm³/mol. The van der Waals surface area contributed by atoms with Crippen molar-refractivity contribution in [2.75, 3.05) is 18.0 Å². The summed E-state index contributed by atoms with van der Waals surface area (Å²) in [5.74, 6) is -2.67. The maximum Gasteiger partial charge on any atom is 0.271 e. The first-order valence-electron chi connectivity index (χ1n) is 7.72. The smallest absolute Gasteiger partial charge is 0.271 e. The number of carbonyl (C=O) groups is 2. The van der Waals surface area contributed by atoms with Crippen molar-refractivity contribution >= 4 is 41.2 Å². The Hall–Kier alpha value is -2.10. The molecule has 26 heavy (non-hydrogen) atoms. The highest BCUT2D eigenvalue weighted by atomic mass is 35.5. The first kappa shape index (κ1) is 20.2. The van der Waals surface area contributed by atoms with Gasteiger partial charge in [0.2, 0.25) is 5.91 Å². The second-order valence-electron chi connectivity index (χ2n) is 5.54. The van der Waals surface area contributed by atoms with Gasteiger partial charge < -0.3 is 16.0 Å². The number of benzene rings is 1. The monoisotopic (exact) mass is 402 g/mol. The van der Waals surface area contributed by atoms with Crippen molar-refractivity contribution in [1.82, 2.24) is 10.3 Å². The van der Waals surface area contributed by atoms with E-state index in [1.165, 1.54) is 17.4 Å². The van der Waals surface area contributed by atoms with Gasteiger partial charge in [0.25, 0.3) is 5.91 Å². The zero-order valence-electron chi connectivity index (χ0n) is 13.6. The van der Waals surface area contributed by atoms with Gasteiger partial charge in [-0.2, -0.15) is 0 Å². The number of nitrogens with one attached hydrogen (secondary N) is 1. The Kier molecular flexibility index (Phi) is 6.63. The minimum atomic E-state index is -0.842. The van der Waals surface area contributed by atoms with Crippen molar-refractivity contribution in [3.05, 3.63) is 45.9 Å². The second-order valence-corrected chi connectivity index (χ2v) is 6.48. The number of rotatable bonds is 5. The lowest BCUT2D eigenvalue weighted by Crippen LogP contribution is -2.42. The number of nitrogens with two attached hydrogens (primary N) is 1. The average Bonchev–Trinajstić information content (AvgIpc) is 3.17. The van der Waals surface area contributed by atoms with E-state index in [-0.39, 0.29) is 36.8 Å². The summed E-state index contributed by atoms with van der Waals surface area (Å²) in [5.41, 5.74) is 5.27. The molecule has 140 valence electrons. The van der Waals surface area contributed by atoms with Crippen molar-refractivity contribution < 1.29 is 18.4 Å². The van der Waals surface area contributed by atoms with Gasteiger partial charge >= 0.3 is 0 Å². The number of carbonyl (C=O) groups excluding carboxylic acids is 2. The number of aromatic nitrogens is 1. The number of thiazole rings is 1. The Morgan fingerprint density at radius 2 is 2.08 bits per heavy atom. The van der Waals surface area contributed by atoms with Gasteiger partial charge in [-0.05, 0) is 25.1 Å². The van der Waals surface area contributed by atoms with Gasteiger partial charge in [-0.25, -0.2) is 13.8 Å². The molecular formula is C16H17ClF2N4O2S. The molecule has 0 radical (unpaired) electrons. The maximum atomic E-state index is 13.9. The van der Waals surface area contributed by atoms with Crippen LogP contribution in [0.1, 0.15) is 21.9 Å². The van der Waals surface area contributed by atoms with E-state index in [1.807, 2.05) is 0 Å². The number of anilines is 1. The van der Waals surface area contributed by atoms with E-state index in [0.29, 0.717) is 13.0 Å². The van der Waals surface area contributed by atoms with Crippen molar-refractivity contribution in [2.45, 2.75) is 18.9 Å². The lowest BCUT2D eigenvalue weighted by Gasteiger charge is -2.18. The Morgan fingerprint density at radius 1 is 1.38 bits per heavy atom. The summed E-state index contributed by atoms with van der Waals surface area (Å²) < 4.78 is 27.7. The highest BCUT2D eigenvalue weighted by Gasteiger charge is 2.36. The van der Waals surface area contributed by atoms with Crippen LogP contribution >= 0.6 is 23.7 Å². The molecule has 2 aromatic rings. The molecule has 2 heterocycles. The van der Waals surface area contributed by atoms with E-state index in [2.05, 4.69) is 10.3 Å².